The summed E-state index contributed by atoms with van der Waals surface area (Å²) in [6.45, 7) is 0. The van der Waals surface area contributed by atoms with Crippen molar-refractivity contribution in [3.05, 3.63) is 45.0 Å². The predicted molar refractivity (Wildman–Crippen MR) is 69.1 cm³/mol. The Morgan fingerprint density at radius 3 is 2.69 bits per heavy atom. The molecule has 2 aromatic rings. The highest BCUT2D eigenvalue weighted by Crippen LogP contribution is 2.37. The van der Waals surface area contributed by atoms with Crippen LogP contribution < -0.4 is 0 Å². The van der Waals surface area contributed by atoms with Crippen molar-refractivity contribution < 1.29 is 5.11 Å². The third kappa shape index (κ3) is 2.17. The van der Waals surface area contributed by atoms with Crippen LogP contribution in [-0.2, 0) is 0 Å². The molecule has 0 bridgehead atoms. The number of benzene rings is 1. The fourth-order valence-electron chi connectivity index (χ4n) is 1.31. The van der Waals surface area contributed by atoms with Crippen molar-refractivity contribution in [2.24, 2.45) is 0 Å². The second kappa shape index (κ2) is 4.62. The molecule has 82 valence electrons. The molecule has 1 aromatic carbocycles. The highest BCUT2D eigenvalue weighted by atomic mass is 79.9. The van der Waals surface area contributed by atoms with E-state index in [9.17, 15) is 5.11 Å². The number of nitrogens with zero attached hydrogens (tertiary/aromatic N) is 1. The van der Waals surface area contributed by atoms with Crippen LogP contribution in [0, 0.1) is 0 Å². The van der Waals surface area contributed by atoms with Gasteiger partial charge >= 0.3 is 0 Å². The number of phenols is 1. The van der Waals surface area contributed by atoms with Gasteiger partial charge in [0.05, 0.1) is 15.7 Å². The average Bonchev–Trinajstić information content (AvgIpc) is 2.26. The van der Waals surface area contributed by atoms with Crippen molar-refractivity contribution >= 4 is 39.1 Å². The third-order valence-corrected chi connectivity index (χ3v) is 3.34. The minimum Gasteiger partial charge on any atom is -0.507 e. The molecule has 0 aliphatic heterocycles. The Balaban J connectivity index is 2.67. The van der Waals surface area contributed by atoms with E-state index in [1.54, 1.807) is 30.5 Å². The van der Waals surface area contributed by atoms with Gasteiger partial charge in [-0.25, -0.2) is 0 Å². The van der Waals surface area contributed by atoms with Crippen LogP contribution in [0.25, 0.3) is 11.3 Å². The Morgan fingerprint density at radius 1 is 1.19 bits per heavy atom. The SMILES string of the molecule is Oc1ccc(Br)cc1-c1nccc(Cl)c1Cl. The van der Waals surface area contributed by atoms with Crippen LogP contribution in [-0.4, -0.2) is 10.1 Å². The van der Waals surface area contributed by atoms with Crippen molar-refractivity contribution in [1.29, 1.82) is 0 Å². The molecule has 5 heteroatoms. The summed E-state index contributed by atoms with van der Waals surface area (Å²) in [4.78, 5) is 4.11. The molecule has 0 fully saturated rings. The first-order valence-electron chi connectivity index (χ1n) is 4.38. The molecule has 1 aromatic heterocycles. The molecule has 16 heavy (non-hydrogen) atoms. The zero-order valence-electron chi connectivity index (χ0n) is 7.92. The standard InChI is InChI=1S/C11H6BrCl2NO/c12-6-1-2-9(16)7(5-6)11-10(14)8(13)3-4-15-11/h1-5,16H. The fraction of sp³-hybridized carbons (Fsp3) is 0. The van der Waals surface area contributed by atoms with Gasteiger partial charge in [0.1, 0.15) is 5.75 Å². The van der Waals surface area contributed by atoms with Gasteiger partial charge in [0.25, 0.3) is 0 Å². The van der Waals surface area contributed by atoms with Crippen LogP contribution in [0.3, 0.4) is 0 Å². The van der Waals surface area contributed by atoms with Crippen LogP contribution in [0.1, 0.15) is 0 Å². The monoisotopic (exact) mass is 317 g/mol. The number of hydrogen-bond acceptors (Lipinski definition) is 2. The molecule has 0 saturated heterocycles. The van der Waals surface area contributed by atoms with Crippen molar-refractivity contribution in [2.45, 2.75) is 0 Å². The van der Waals surface area contributed by atoms with E-state index in [2.05, 4.69) is 20.9 Å². The number of rotatable bonds is 1. The summed E-state index contributed by atoms with van der Waals surface area (Å²) in [5.74, 6) is 0.111. The minimum atomic E-state index is 0.111. The fourth-order valence-corrected chi connectivity index (χ4v) is 2.03. The van der Waals surface area contributed by atoms with E-state index < -0.39 is 0 Å². The maximum Gasteiger partial charge on any atom is 0.125 e. The summed E-state index contributed by atoms with van der Waals surface area (Å²) in [6, 6.07) is 6.64. The van der Waals surface area contributed by atoms with E-state index in [1.165, 1.54) is 0 Å². The smallest absolute Gasteiger partial charge is 0.125 e. The molecule has 2 nitrogen and oxygen atoms in total. The Bertz CT molecular complexity index is 546. The van der Waals surface area contributed by atoms with Gasteiger partial charge in [0, 0.05) is 16.2 Å². The van der Waals surface area contributed by atoms with Crippen LogP contribution in [0.2, 0.25) is 10.0 Å². The molecule has 0 unspecified atom stereocenters. The zero-order valence-corrected chi connectivity index (χ0v) is 11.0. The number of phenolic OH excluding ortho intramolecular Hbond substituents is 1. The molecule has 2 rings (SSSR count). The summed E-state index contributed by atoms with van der Waals surface area (Å²) < 4.78 is 0.832. The van der Waals surface area contributed by atoms with E-state index in [4.69, 9.17) is 23.2 Å². The average molecular weight is 319 g/mol. The molecule has 0 atom stereocenters. The van der Waals surface area contributed by atoms with E-state index in [0.717, 1.165) is 4.47 Å². The van der Waals surface area contributed by atoms with Crippen molar-refractivity contribution in [1.82, 2.24) is 4.98 Å². The summed E-state index contributed by atoms with van der Waals surface area (Å²) >= 11 is 15.2. The Kier molecular flexibility index (Phi) is 3.38. The highest BCUT2D eigenvalue weighted by molar-refractivity contribution is 9.10. The second-order valence-electron chi connectivity index (χ2n) is 3.12. The number of aromatic nitrogens is 1. The first-order chi connectivity index (χ1) is 7.59. The number of halogens is 3. The topological polar surface area (TPSA) is 33.1 Å². The Hall–Kier alpha value is -0.770. The van der Waals surface area contributed by atoms with Gasteiger partial charge in [-0.3, -0.25) is 4.98 Å². The van der Waals surface area contributed by atoms with Gasteiger partial charge in [0.2, 0.25) is 0 Å². The first kappa shape index (κ1) is 11.7. The van der Waals surface area contributed by atoms with Crippen LogP contribution in [0.15, 0.2) is 34.9 Å². The lowest BCUT2D eigenvalue weighted by atomic mass is 10.1. The summed E-state index contributed by atoms with van der Waals surface area (Å²) in [5, 5.41) is 10.5. The molecule has 0 aliphatic carbocycles. The summed E-state index contributed by atoms with van der Waals surface area (Å²) in [7, 11) is 0. The van der Waals surface area contributed by atoms with Crippen molar-refractivity contribution in [3.8, 4) is 17.0 Å². The lowest BCUT2D eigenvalue weighted by molar-refractivity contribution is 0.477. The van der Waals surface area contributed by atoms with Crippen LogP contribution in [0.5, 0.6) is 5.75 Å². The molecule has 0 aliphatic rings. The maximum absolute atomic E-state index is 9.74. The third-order valence-electron chi connectivity index (χ3n) is 2.06. The molecule has 0 radical (unpaired) electrons. The predicted octanol–water partition coefficient (Wildman–Crippen LogP) is 4.52. The first-order valence-corrected chi connectivity index (χ1v) is 5.93. The lowest BCUT2D eigenvalue weighted by Crippen LogP contribution is -1.86. The highest BCUT2D eigenvalue weighted by Gasteiger charge is 2.12. The molecular weight excluding hydrogens is 313 g/mol. The van der Waals surface area contributed by atoms with E-state index in [0.29, 0.717) is 21.3 Å². The maximum atomic E-state index is 9.74. The van der Waals surface area contributed by atoms with Crippen LogP contribution >= 0.6 is 39.1 Å². The van der Waals surface area contributed by atoms with Crippen molar-refractivity contribution in [3.63, 3.8) is 0 Å². The van der Waals surface area contributed by atoms with Gasteiger partial charge in [-0.1, -0.05) is 39.1 Å². The quantitative estimate of drug-likeness (QED) is 0.838. The number of aromatic hydroxyl groups is 1. The molecule has 0 amide bonds. The van der Waals surface area contributed by atoms with Gasteiger partial charge in [-0.2, -0.15) is 0 Å². The van der Waals surface area contributed by atoms with E-state index in [1.807, 2.05) is 0 Å². The van der Waals surface area contributed by atoms with Gasteiger partial charge in [-0.05, 0) is 24.3 Å². The molecule has 1 heterocycles. The van der Waals surface area contributed by atoms with E-state index >= 15 is 0 Å². The van der Waals surface area contributed by atoms with E-state index in [-0.39, 0.29) is 5.75 Å². The Labute approximate surface area is 111 Å². The normalized spacial score (nSPS) is 10.4. The Morgan fingerprint density at radius 2 is 1.94 bits per heavy atom. The summed E-state index contributed by atoms with van der Waals surface area (Å²) in [5.41, 5.74) is 1.01. The van der Waals surface area contributed by atoms with Gasteiger partial charge < -0.3 is 5.11 Å². The van der Waals surface area contributed by atoms with Gasteiger partial charge in [0.15, 0.2) is 0 Å². The molecular formula is C11H6BrCl2NO. The lowest BCUT2D eigenvalue weighted by Gasteiger charge is -2.07. The second-order valence-corrected chi connectivity index (χ2v) is 4.82. The number of hydrogen-bond donors (Lipinski definition) is 1. The number of pyridine rings is 1. The van der Waals surface area contributed by atoms with Crippen molar-refractivity contribution in [2.75, 3.05) is 0 Å². The molecule has 0 spiro atoms. The molecule has 1 N–H and O–H groups in total. The molecule has 0 saturated carbocycles. The minimum absolute atomic E-state index is 0.111. The zero-order chi connectivity index (χ0) is 11.7. The summed E-state index contributed by atoms with van der Waals surface area (Å²) in [6.07, 6.45) is 1.55. The van der Waals surface area contributed by atoms with Gasteiger partial charge in [-0.15, -0.1) is 0 Å². The largest absolute Gasteiger partial charge is 0.507 e. The van der Waals surface area contributed by atoms with Crippen LogP contribution in [0.4, 0.5) is 0 Å².